The second-order valence-corrected chi connectivity index (χ2v) is 7.48. The van der Waals surface area contributed by atoms with Crippen molar-refractivity contribution in [1.82, 2.24) is 29.3 Å². The predicted molar refractivity (Wildman–Crippen MR) is 93.8 cm³/mol. The Balaban J connectivity index is 2.25. The third-order valence-electron chi connectivity index (χ3n) is 3.61. The molecule has 0 aliphatic heterocycles. The summed E-state index contributed by atoms with van der Waals surface area (Å²) >= 11 is 10.5. The molecule has 0 fully saturated rings. The summed E-state index contributed by atoms with van der Waals surface area (Å²) in [6, 6.07) is 0. The lowest BCUT2D eigenvalue weighted by atomic mass is 10.4. The minimum atomic E-state index is -0.316. The predicted octanol–water partition coefficient (Wildman–Crippen LogP) is 4.04. The molecule has 0 aliphatic rings. The van der Waals surface area contributed by atoms with E-state index >= 15 is 0 Å². The zero-order valence-corrected chi connectivity index (χ0v) is 16.9. The van der Waals surface area contributed by atoms with Crippen LogP contribution >= 0.6 is 47.8 Å². The second-order valence-electron chi connectivity index (χ2n) is 4.91. The molecule has 3 aromatic rings. The van der Waals surface area contributed by atoms with Gasteiger partial charge in [-0.1, -0.05) is 0 Å². The Labute approximate surface area is 152 Å². The molecule has 22 heavy (non-hydrogen) atoms. The van der Waals surface area contributed by atoms with Crippen LogP contribution in [0.4, 0.5) is 0 Å². The standard InChI is InChI=1S/C13H13Br3N6/c1-7-10(14)4-17-20(7)13(21-8(2)11(15)5-18-21)22-9(3)12(16)6-19-22/h4-6,13H,1-3H3. The van der Waals surface area contributed by atoms with Gasteiger partial charge in [-0.2, -0.15) is 15.3 Å². The largest absolute Gasteiger partial charge is 0.239 e. The summed E-state index contributed by atoms with van der Waals surface area (Å²) in [6.45, 7) is 6.02. The third-order valence-corrected chi connectivity index (χ3v) is 5.95. The van der Waals surface area contributed by atoms with E-state index < -0.39 is 0 Å². The minimum absolute atomic E-state index is 0.316. The summed E-state index contributed by atoms with van der Waals surface area (Å²) in [7, 11) is 0. The maximum atomic E-state index is 4.49. The summed E-state index contributed by atoms with van der Waals surface area (Å²) < 4.78 is 8.52. The molecule has 6 nitrogen and oxygen atoms in total. The van der Waals surface area contributed by atoms with E-state index in [1.807, 2.05) is 34.8 Å². The van der Waals surface area contributed by atoms with Crippen molar-refractivity contribution in [3.05, 3.63) is 49.1 Å². The topological polar surface area (TPSA) is 53.5 Å². The zero-order valence-electron chi connectivity index (χ0n) is 12.1. The van der Waals surface area contributed by atoms with E-state index in [2.05, 4.69) is 63.1 Å². The van der Waals surface area contributed by atoms with Gasteiger partial charge < -0.3 is 0 Å². The molecule has 0 radical (unpaired) electrons. The summed E-state index contributed by atoms with van der Waals surface area (Å²) in [5.74, 6) is 0. The number of nitrogens with zero attached hydrogens (tertiary/aromatic N) is 6. The van der Waals surface area contributed by atoms with Gasteiger partial charge in [-0.15, -0.1) is 0 Å². The van der Waals surface area contributed by atoms with Gasteiger partial charge in [0.2, 0.25) is 6.29 Å². The summed E-state index contributed by atoms with van der Waals surface area (Å²) in [4.78, 5) is 0. The van der Waals surface area contributed by atoms with E-state index in [1.54, 1.807) is 18.6 Å². The maximum Gasteiger partial charge on any atom is 0.239 e. The lowest BCUT2D eigenvalue weighted by Crippen LogP contribution is -2.30. The van der Waals surface area contributed by atoms with Crippen LogP contribution in [-0.2, 0) is 0 Å². The van der Waals surface area contributed by atoms with Gasteiger partial charge in [-0.05, 0) is 68.6 Å². The Bertz CT molecular complexity index is 721. The van der Waals surface area contributed by atoms with Crippen LogP contribution in [0.5, 0.6) is 0 Å². The van der Waals surface area contributed by atoms with Crippen molar-refractivity contribution in [2.24, 2.45) is 0 Å². The van der Waals surface area contributed by atoms with Crippen LogP contribution in [-0.4, -0.2) is 29.3 Å². The normalized spacial score (nSPS) is 11.6. The van der Waals surface area contributed by atoms with Crippen molar-refractivity contribution in [1.29, 1.82) is 0 Å². The second kappa shape index (κ2) is 5.93. The fourth-order valence-corrected chi connectivity index (χ4v) is 3.04. The number of hydrogen-bond donors (Lipinski definition) is 0. The number of hydrogen-bond acceptors (Lipinski definition) is 3. The molecule has 0 unspecified atom stereocenters. The van der Waals surface area contributed by atoms with Crippen molar-refractivity contribution in [3.63, 3.8) is 0 Å². The minimum Gasteiger partial charge on any atom is -0.223 e. The van der Waals surface area contributed by atoms with E-state index in [0.29, 0.717) is 0 Å². The van der Waals surface area contributed by atoms with Crippen molar-refractivity contribution in [2.45, 2.75) is 27.1 Å². The molecule has 0 amide bonds. The van der Waals surface area contributed by atoms with Gasteiger partial charge in [-0.25, -0.2) is 14.0 Å². The van der Waals surface area contributed by atoms with Crippen molar-refractivity contribution < 1.29 is 0 Å². The first-order valence-corrected chi connectivity index (χ1v) is 8.88. The lowest BCUT2D eigenvalue weighted by molar-refractivity contribution is 0.270. The van der Waals surface area contributed by atoms with E-state index in [9.17, 15) is 0 Å². The summed E-state index contributed by atoms with van der Waals surface area (Å²) in [5, 5.41) is 13.5. The smallest absolute Gasteiger partial charge is 0.223 e. The Morgan fingerprint density at radius 1 is 0.682 bits per heavy atom. The van der Waals surface area contributed by atoms with Gasteiger partial charge in [0.25, 0.3) is 0 Å². The first-order valence-electron chi connectivity index (χ1n) is 6.50. The average molecular weight is 493 g/mol. The molecule has 116 valence electrons. The summed E-state index contributed by atoms with van der Waals surface area (Å²) in [6.07, 6.45) is 5.03. The van der Waals surface area contributed by atoms with Gasteiger partial charge in [0.15, 0.2) is 0 Å². The molecule has 0 aliphatic carbocycles. The van der Waals surface area contributed by atoms with Crippen molar-refractivity contribution in [3.8, 4) is 0 Å². The van der Waals surface area contributed by atoms with Crippen LogP contribution in [0.1, 0.15) is 23.4 Å². The zero-order chi connectivity index (χ0) is 16.0. The van der Waals surface area contributed by atoms with E-state index in [0.717, 1.165) is 30.5 Å². The first-order chi connectivity index (χ1) is 10.4. The summed E-state index contributed by atoms with van der Waals surface area (Å²) in [5.41, 5.74) is 3.01. The average Bonchev–Trinajstić information content (AvgIpc) is 3.10. The highest BCUT2D eigenvalue weighted by Gasteiger charge is 2.25. The highest BCUT2D eigenvalue weighted by molar-refractivity contribution is 9.11. The van der Waals surface area contributed by atoms with Gasteiger partial charge in [-0.3, -0.25) is 0 Å². The van der Waals surface area contributed by atoms with E-state index in [1.165, 1.54) is 0 Å². The molecule has 3 rings (SSSR count). The van der Waals surface area contributed by atoms with Crippen molar-refractivity contribution in [2.75, 3.05) is 0 Å². The van der Waals surface area contributed by atoms with E-state index in [4.69, 9.17) is 0 Å². The number of aromatic nitrogens is 6. The molecule has 0 spiro atoms. The molecule has 0 N–H and O–H groups in total. The van der Waals surface area contributed by atoms with Gasteiger partial charge in [0.1, 0.15) is 0 Å². The highest BCUT2D eigenvalue weighted by Crippen LogP contribution is 2.27. The number of halogens is 3. The van der Waals surface area contributed by atoms with Crippen LogP contribution < -0.4 is 0 Å². The Kier molecular flexibility index (Phi) is 4.30. The molecule has 0 saturated heterocycles. The molecule has 3 heterocycles. The molecule has 0 atom stereocenters. The van der Waals surface area contributed by atoms with Gasteiger partial charge >= 0.3 is 0 Å². The first kappa shape index (κ1) is 15.9. The fourth-order valence-electron chi connectivity index (χ4n) is 2.22. The monoisotopic (exact) mass is 490 g/mol. The molecular formula is C13H13Br3N6. The molecule has 0 saturated carbocycles. The fraction of sp³-hybridized carbons (Fsp3) is 0.308. The molecular weight excluding hydrogens is 480 g/mol. The van der Waals surface area contributed by atoms with Crippen LogP contribution in [0.3, 0.4) is 0 Å². The van der Waals surface area contributed by atoms with Crippen LogP contribution in [0, 0.1) is 20.8 Å². The SMILES string of the molecule is Cc1c(Br)cnn1C(n1ncc(Br)c1C)n1ncc(Br)c1C. The molecule has 0 aromatic carbocycles. The van der Waals surface area contributed by atoms with E-state index in [-0.39, 0.29) is 6.29 Å². The molecule has 9 heteroatoms. The Morgan fingerprint density at radius 3 is 1.14 bits per heavy atom. The number of rotatable bonds is 3. The van der Waals surface area contributed by atoms with Crippen LogP contribution in [0.2, 0.25) is 0 Å². The molecule has 0 bridgehead atoms. The van der Waals surface area contributed by atoms with Crippen LogP contribution in [0.25, 0.3) is 0 Å². The molecule has 3 aromatic heterocycles. The van der Waals surface area contributed by atoms with Crippen molar-refractivity contribution >= 4 is 47.8 Å². The van der Waals surface area contributed by atoms with Gasteiger partial charge in [0, 0.05) is 0 Å². The Hall–Kier alpha value is -0.930. The lowest BCUT2D eigenvalue weighted by Gasteiger charge is -2.23. The van der Waals surface area contributed by atoms with Gasteiger partial charge in [0.05, 0.1) is 49.1 Å². The quantitative estimate of drug-likeness (QED) is 0.554. The third kappa shape index (κ3) is 2.48. The maximum absolute atomic E-state index is 4.49. The highest BCUT2D eigenvalue weighted by atomic mass is 79.9. The van der Waals surface area contributed by atoms with Crippen LogP contribution in [0.15, 0.2) is 32.0 Å². The Morgan fingerprint density at radius 2 is 0.955 bits per heavy atom.